The molecule has 5 heteroatoms. The van der Waals surface area contributed by atoms with E-state index >= 15 is 0 Å². The molecule has 1 N–H and O–H groups in total. The Kier molecular flexibility index (Phi) is 5.25. The number of methoxy groups -OCH3 is 1. The van der Waals surface area contributed by atoms with Crippen LogP contribution in [0, 0.1) is 0 Å². The maximum Gasteiger partial charge on any atom is 0.142 e. The van der Waals surface area contributed by atoms with Gasteiger partial charge in [0.05, 0.1) is 17.6 Å². The van der Waals surface area contributed by atoms with Crippen molar-refractivity contribution in [2.24, 2.45) is 0 Å². The van der Waals surface area contributed by atoms with E-state index in [0.717, 1.165) is 32.0 Å². The maximum absolute atomic E-state index is 5.63. The summed E-state index contributed by atoms with van der Waals surface area (Å²) in [5, 5.41) is 0. The third-order valence-electron chi connectivity index (χ3n) is 5.66. The molecular formula is C20H24Br2N2O. The summed E-state index contributed by atoms with van der Waals surface area (Å²) in [4.78, 5) is 6.44. The topological polar surface area (TPSA) is 28.3 Å². The lowest BCUT2D eigenvalue weighted by Crippen LogP contribution is -2.44. The first-order valence-electron chi connectivity index (χ1n) is 9.15. The number of nitrogens with one attached hydrogen (secondary N) is 1. The van der Waals surface area contributed by atoms with Crippen LogP contribution in [0.25, 0.3) is 11.3 Å². The van der Waals surface area contributed by atoms with Crippen LogP contribution in [0.4, 0.5) is 0 Å². The smallest absolute Gasteiger partial charge is 0.142 e. The van der Waals surface area contributed by atoms with E-state index in [2.05, 4.69) is 59.9 Å². The van der Waals surface area contributed by atoms with Gasteiger partial charge in [-0.3, -0.25) is 4.90 Å². The van der Waals surface area contributed by atoms with Crippen LogP contribution in [0.15, 0.2) is 33.2 Å². The highest BCUT2D eigenvalue weighted by Crippen LogP contribution is 2.41. The van der Waals surface area contributed by atoms with Crippen molar-refractivity contribution < 1.29 is 4.74 Å². The summed E-state index contributed by atoms with van der Waals surface area (Å²) < 4.78 is 7.63. The summed E-state index contributed by atoms with van der Waals surface area (Å²) >= 11 is 7.20. The summed E-state index contributed by atoms with van der Waals surface area (Å²) in [6.07, 6.45) is 8.08. The van der Waals surface area contributed by atoms with Crippen LogP contribution in [-0.2, 0) is 0 Å². The number of H-pyrrole nitrogens is 1. The number of aromatic amines is 1. The third kappa shape index (κ3) is 3.43. The minimum absolute atomic E-state index is 0.536. The molecule has 2 unspecified atom stereocenters. The lowest BCUT2D eigenvalue weighted by Gasteiger charge is -2.44. The minimum atomic E-state index is 0.536. The lowest BCUT2D eigenvalue weighted by molar-refractivity contribution is 0.0501. The zero-order chi connectivity index (χ0) is 17.4. The molecule has 2 aliphatic rings. The van der Waals surface area contributed by atoms with Gasteiger partial charge in [0.25, 0.3) is 0 Å². The Balaban J connectivity index is 1.66. The van der Waals surface area contributed by atoms with Gasteiger partial charge in [0.1, 0.15) is 5.75 Å². The molecule has 4 rings (SSSR count). The summed E-state index contributed by atoms with van der Waals surface area (Å²) in [7, 11) is 1.72. The van der Waals surface area contributed by atoms with Crippen molar-refractivity contribution in [3.8, 4) is 17.0 Å². The van der Waals surface area contributed by atoms with E-state index in [0.29, 0.717) is 6.04 Å². The molecular weight excluding hydrogens is 444 g/mol. The number of fused-ring (bicyclic) bond motifs is 1. The number of aromatic nitrogens is 1. The van der Waals surface area contributed by atoms with Crippen LogP contribution >= 0.6 is 31.9 Å². The molecule has 0 saturated carbocycles. The Morgan fingerprint density at radius 2 is 1.92 bits per heavy atom. The number of hydrogen-bond donors (Lipinski definition) is 1. The fraction of sp³-hybridized carbons (Fsp3) is 0.500. The van der Waals surface area contributed by atoms with E-state index in [9.17, 15) is 0 Å². The van der Waals surface area contributed by atoms with Crippen LogP contribution < -0.4 is 4.74 Å². The van der Waals surface area contributed by atoms with E-state index in [1.54, 1.807) is 7.11 Å². The van der Waals surface area contributed by atoms with Crippen molar-refractivity contribution in [3.05, 3.63) is 38.9 Å². The second-order valence-electron chi connectivity index (χ2n) is 7.13. The quantitative estimate of drug-likeness (QED) is 0.573. The molecule has 0 aliphatic carbocycles. The normalized spacial score (nSPS) is 24.1. The largest absolute Gasteiger partial charge is 0.495 e. The van der Waals surface area contributed by atoms with E-state index in [1.165, 1.54) is 50.8 Å². The van der Waals surface area contributed by atoms with Gasteiger partial charge in [-0.2, -0.15) is 0 Å². The zero-order valence-corrected chi connectivity index (χ0v) is 17.7. The highest BCUT2D eigenvalue weighted by atomic mass is 79.9. The average Bonchev–Trinajstić information content (AvgIpc) is 3.10. The van der Waals surface area contributed by atoms with Crippen molar-refractivity contribution >= 4 is 31.9 Å². The first-order chi connectivity index (χ1) is 12.2. The molecule has 2 aliphatic heterocycles. The van der Waals surface area contributed by atoms with Crippen LogP contribution in [0.5, 0.6) is 5.75 Å². The lowest BCUT2D eigenvalue weighted by atomic mass is 9.88. The molecule has 0 bridgehead atoms. The molecule has 0 radical (unpaired) electrons. The second-order valence-corrected chi connectivity index (χ2v) is 8.90. The number of ether oxygens (including phenoxy) is 1. The van der Waals surface area contributed by atoms with E-state index < -0.39 is 0 Å². The number of piperidine rings is 2. The Labute approximate surface area is 166 Å². The molecule has 1 aromatic carbocycles. The van der Waals surface area contributed by atoms with Crippen molar-refractivity contribution in [1.82, 2.24) is 9.88 Å². The molecule has 0 amide bonds. The molecule has 2 fully saturated rings. The first-order valence-corrected chi connectivity index (χ1v) is 10.7. The van der Waals surface area contributed by atoms with Crippen molar-refractivity contribution in [2.45, 2.75) is 50.6 Å². The molecule has 1 aromatic heterocycles. The Morgan fingerprint density at radius 3 is 2.76 bits per heavy atom. The summed E-state index contributed by atoms with van der Waals surface area (Å²) in [5.74, 6) is 0.871. The predicted octanol–water partition coefficient (Wildman–Crippen LogP) is 6.29. The number of nitrogens with zero attached hydrogens (tertiary/aromatic N) is 1. The molecule has 2 saturated heterocycles. The SMILES string of the molecule is COc1c(Br)cc(Br)cc1-c1ccc(C2CCCC3CCCCN32)[nH]1. The van der Waals surface area contributed by atoms with E-state index in [4.69, 9.17) is 4.74 Å². The highest BCUT2D eigenvalue weighted by molar-refractivity contribution is 9.11. The molecule has 2 atom stereocenters. The van der Waals surface area contributed by atoms with Crippen molar-refractivity contribution in [2.75, 3.05) is 13.7 Å². The molecule has 2 aromatic rings. The van der Waals surface area contributed by atoms with Crippen LogP contribution in [0.3, 0.4) is 0 Å². The molecule has 0 spiro atoms. The monoisotopic (exact) mass is 466 g/mol. The summed E-state index contributed by atoms with van der Waals surface area (Å²) in [5.41, 5.74) is 3.55. The van der Waals surface area contributed by atoms with Gasteiger partial charge >= 0.3 is 0 Å². The number of hydrogen-bond acceptors (Lipinski definition) is 2. The Morgan fingerprint density at radius 1 is 1.08 bits per heavy atom. The van der Waals surface area contributed by atoms with E-state index in [1.807, 2.05) is 6.07 Å². The van der Waals surface area contributed by atoms with E-state index in [-0.39, 0.29) is 0 Å². The summed E-state index contributed by atoms with van der Waals surface area (Å²) in [6, 6.07) is 9.92. The molecule has 3 nitrogen and oxygen atoms in total. The van der Waals surface area contributed by atoms with Gasteiger partial charge in [-0.25, -0.2) is 0 Å². The molecule has 3 heterocycles. The van der Waals surface area contributed by atoms with Gasteiger partial charge in [0.2, 0.25) is 0 Å². The third-order valence-corrected chi connectivity index (χ3v) is 6.71. The Hall–Kier alpha value is -0.780. The van der Waals surface area contributed by atoms with Gasteiger partial charge in [-0.1, -0.05) is 22.4 Å². The van der Waals surface area contributed by atoms with Gasteiger partial charge < -0.3 is 9.72 Å². The summed E-state index contributed by atoms with van der Waals surface area (Å²) in [6.45, 7) is 1.25. The minimum Gasteiger partial charge on any atom is -0.495 e. The highest BCUT2D eigenvalue weighted by Gasteiger charge is 2.33. The van der Waals surface area contributed by atoms with Gasteiger partial charge in [-0.15, -0.1) is 0 Å². The first kappa shape index (κ1) is 17.6. The zero-order valence-electron chi connectivity index (χ0n) is 14.5. The number of benzene rings is 1. The van der Waals surface area contributed by atoms with Crippen molar-refractivity contribution in [3.63, 3.8) is 0 Å². The number of halogens is 2. The standard InChI is InChI=1S/C20H24Br2N2O/c1-25-20-15(11-13(21)12-16(20)22)17-8-9-18(23-17)19-7-4-6-14-5-2-3-10-24(14)19/h8-9,11-12,14,19,23H,2-7,10H2,1H3. The van der Waals surface area contributed by atoms with Gasteiger partial charge in [-0.05, 0) is 78.8 Å². The predicted molar refractivity (Wildman–Crippen MR) is 109 cm³/mol. The van der Waals surface area contributed by atoms with Gasteiger partial charge in [0, 0.05) is 27.5 Å². The van der Waals surface area contributed by atoms with Crippen LogP contribution in [-0.4, -0.2) is 29.6 Å². The van der Waals surface area contributed by atoms with Gasteiger partial charge in [0.15, 0.2) is 0 Å². The van der Waals surface area contributed by atoms with Crippen LogP contribution in [0.2, 0.25) is 0 Å². The molecule has 25 heavy (non-hydrogen) atoms. The molecule has 134 valence electrons. The second kappa shape index (κ2) is 7.45. The van der Waals surface area contributed by atoms with Crippen molar-refractivity contribution in [1.29, 1.82) is 0 Å². The maximum atomic E-state index is 5.63. The fourth-order valence-electron chi connectivity index (χ4n) is 4.52. The Bertz CT molecular complexity index is 756. The fourth-order valence-corrected chi connectivity index (χ4v) is 5.91. The number of rotatable bonds is 3. The van der Waals surface area contributed by atoms with Crippen LogP contribution in [0.1, 0.15) is 50.3 Å². The average molecular weight is 468 g/mol.